The fourth-order valence-electron chi connectivity index (χ4n) is 4.57. The molecule has 1 amide bonds. The van der Waals surface area contributed by atoms with Gasteiger partial charge in [-0.2, -0.15) is 5.10 Å². The summed E-state index contributed by atoms with van der Waals surface area (Å²) in [4.78, 5) is 24.1. The molecule has 0 radical (unpaired) electrons. The topological polar surface area (TPSA) is 80.9 Å². The monoisotopic (exact) mass is 380 g/mol. The lowest BCUT2D eigenvalue weighted by molar-refractivity contribution is -0.123. The molecule has 28 heavy (non-hydrogen) atoms. The average molecular weight is 380 g/mol. The third-order valence-electron chi connectivity index (χ3n) is 6.18. The van der Waals surface area contributed by atoms with E-state index >= 15 is 0 Å². The standard InChI is InChI=1S/C22H24N2O4/c1-22-11-4-3-8-17(22)19(22)20(25)24-23-13-16-9-10-18(28-16)14-6-5-7-15(12-14)21(26)27-2/h5-7,9-10,12-13,17,19H,3-4,8,11H2,1-2H3,(H,24,25)/b23-13-/t17-,19+,22+/m0/s1. The molecule has 1 heterocycles. The van der Waals surface area contributed by atoms with Crippen molar-refractivity contribution in [2.75, 3.05) is 7.11 Å². The predicted octanol–water partition coefficient (Wildman–Crippen LogP) is 4.01. The van der Waals surface area contributed by atoms with Gasteiger partial charge in [0.05, 0.1) is 18.9 Å². The van der Waals surface area contributed by atoms with Gasteiger partial charge in [0.1, 0.15) is 11.5 Å². The normalized spacial score (nSPS) is 25.9. The summed E-state index contributed by atoms with van der Waals surface area (Å²) < 4.78 is 10.5. The fourth-order valence-corrected chi connectivity index (χ4v) is 4.57. The number of nitrogens with zero attached hydrogens (tertiary/aromatic N) is 1. The molecule has 0 aliphatic heterocycles. The number of amides is 1. The van der Waals surface area contributed by atoms with E-state index in [1.165, 1.54) is 26.2 Å². The summed E-state index contributed by atoms with van der Waals surface area (Å²) in [7, 11) is 1.35. The number of furan rings is 1. The number of carbonyl (C=O) groups excluding carboxylic acids is 2. The minimum atomic E-state index is -0.396. The Bertz CT molecular complexity index is 932. The molecule has 2 fully saturated rings. The molecule has 0 spiro atoms. The highest BCUT2D eigenvalue weighted by Crippen LogP contribution is 2.66. The molecule has 2 saturated carbocycles. The first-order valence-electron chi connectivity index (χ1n) is 9.64. The van der Waals surface area contributed by atoms with Crippen LogP contribution in [0.1, 0.15) is 48.7 Å². The number of hydrogen-bond acceptors (Lipinski definition) is 5. The van der Waals surface area contributed by atoms with Crippen LogP contribution in [0.5, 0.6) is 0 Å². The maximum Gasteiger partial charge on any atom is 0.337 e. The highest BCUT2D eigenvalue weighted by atomic mass is 16.5. The van der Waals surface area contributed by atoms with Gasteiger partial charge in [-0.3, -0.25) is 4.79 Å². The van der Waals surface area contributed by atoms with Crippen molar-refractivity contribution in [3.8, 4) is 11.3 Å². The van der Waals surface area contributed by atoms with Crippen LogP contribution in [0.2, 0.25) is 0 Å². The molecular weight excluding hydrogens is 356 g/mol. The molecule has 1 N–H and O–H groups in total. The number of hydrazone groups is 1. The summed E-state index contributed by atoms with van der Waals surface area (Å²) in [5, 5.41) is 4.07. The van der Waals surface area contributed by atoms with E-state index in [1.54, 1.807) is 30.3 Å². The van der Waals surface area contributed by atoms with E-state index in [4.69, 9.17) is 9.15 Å². The predicted molar refractivity (Wildman–Crippen MR) is 105 cm³/mol. The molecule has 2 aliphatic rings. The number of methoxy groups -OCH3 is 1. The molecule has 3 atom stereocenters. The molecule has 6 nitrogen and oxygen atoms in total. The van der Waals surface area contributed by atoms with Gasteiger partial charge in [0, 0.05) is 11.5 Å². The molecule has 6 heteroatoms. The number of ether oxygens (including phenoxy) is 1. The van der Waals surface area contributed by atoms with Crippen molar-refractivity contribution in [2.45, 2.75) is 32.6 Å². The van der Waals surface area contributed by atoms with E-state index < -0.39 is 5.97 Å². The molecule has 0 saturated heterocycles. The number of hydrogen-bond donors (Lipinski definition) is 1. The number of fused-ring (bicyclic) bond motifs is 1. The van der Waals surface area contributed by atoms with Crippen LogP contribution in [0.15, 0.2) is 45.9 Å². The van der Waals surface area contributed by atoms with Crippen molar-refractivity contribution in [1.29, 1.82) is 0 Å². The van der Waals surface area contributed by atoms with E-state index in [9.17, 15) is 9.59 Å². The molecule has 2 aliphatic carbocycles. The van der Waals surface area contributed by atoms with Gasteiger partial charge in [0.25, 0.3) is 0 Å². The molecular formula is C22H24N2O4. The molecule has 2 aromatic rings. The van der Waals surface area contributed by atoms with E-state index in [1.807, 2.05) is 6.07 Å². The van der Waals surface area contributed by atoms with Crippen molar-refractivity contribution in [3.05, 3.63) is 47.7 Å². The first-order chi connectivity index (χ1) is 13.5. The van der Waals surface area contributed by atoms with Crippen LogP contribution in [0.25, 0.3) is 11.3 Å². The summed E-state index contributed by atoms with van der Waals surface area (Å²) >= 11 is 0. The lowest BCUT2D eigenvalue weighted by atomic mass is 9.90. The van der Waals surface area contributed by atoms with E-state index in [-0.39, 0.29) is 17.2 Å². The molecule has 0 bridgehead atoms. The Balaban J connectivity index is 1.39. The average Bonchev–Trinajstić information content (AvgIpc) is 3.07. The summed E-state index contributed by atoms with van der Waals surface area (Å²) in [6.07, 6.45) is 6.21. The molecule has 0 unspecified atom stereocenters. The maximum atomic E-state index is 12.4. The van der Waals surface area contributed by atoms with Crippen LogP contribution in [-0.4, -0.2) is 25.2 Å². The summed E-state index contributed by atoms with van der Waals surface area (Å²) in [5.74, 6) is 1.34. The van der Waals surface area contributed by atoms with Crippen LogP contribution in [0.4, 0.5) is 0 Å². The van der Waals surface area contributed by atoms with Gasteiger partial charge in [-0.05, 0) is 48.4 Å². The molecule has 1 aromatic carbocycles. The van der Waals surface area contributed by atoms with Gasteiger partial charge in [-0.1, -0.05) is 31.9 Å². The Hall–Kier alpha value is -2.89. The first kappa shape index (κ1) is 18.5. The lowest BCUT2D eigenvalue weighted by Gasteiger charge is -2.15. The largest absolute Gasteiger partial charge is 0.465 e. The van der Waals surface area contributed by atoms with E-state index in [0.29, 0.717) is 23.0 Å². The van der Waals surface area contributed by atoms with Crippen LogP contribution in [0, 0.1) is 17.3 Å². The Morgan fingerprint density at radius 2 is 2.14 bits per heavy atom. The lowest BCUT2D eigenvalue weighted by Crippen LogP contribution is -2.22. The summed E-state index contributed by atoms with van der Waals surface area (Å²) in [5.41, 5.74) is 4.05. The van der Waals surface area contributed by atoms with Gasteiger partial charge in [0.2, 0.25) is 5.91 Å². The van der Waals surface area contributed by atoms with Gasteiger partial charge in [0.15, 0.2) is 0 Å². The van der Waals surface area contributed by atoms with Crippen molar-refractivity contribution < 1.29 is 18.7 Å². The minimum absolute atomic E-state index is 0.00297. The van der Waals surface area contributed by atoms with Crippen molar-refractivity contribution in [1.82, 2.24) is 5.43 Å². The van der Waals surface area contributed by atoms with Gasteiger partial charge < -0.3 is 9.15 Å². The number of esters is 1. The van der Waals surface area contributed by atoms with Crippen molar-refractivity contribution >= 4 is 18.1 Å². The smallest absolute Gasteiger partial charge is 0.337 e. The third-order valence-corrected chi connectivity index (χ3v) is 6.18. The number of benzene rings is 1. The van der Waals surface area contributed by atoms with Crippen molar-refractivity contribution in [3.63, 3.8) is 0 Å². The Morgan fingerprint density at radius 3 is 2.89 bits per heavy atom. The zero-order chi connectivity index (χ0) is 19.7. The first-order valence-corrected chi connectivity index (χ1v) is 9.64. The van der Waals surface area contributed by atoms with Gasteiger partial charge >= 0.3 is 5.97 Å². The van der Waals surface area contributed by atoms with E-state index in [2.05, 4.69) is 17.5 Å². The minimum Gasteiger partial charge on any atom is -0.465 e. The zero-order valence-corrected chi connectivity index (χ0v) is 16.1. The summed E-state index contributed by atoms with van der Waals surface area (Å²) in [6.45, 7) is 2.21. The maximum absolute atomic E-state index is 12.4. The Kier molecular flexibility index (Phi) is 4.79. The Morgan fingerprint density at radius 1 is 1.29 bits per heavy atom. The zero-order valence-electron chi connectivity index (χ0n) is 16.1. The molecule has 1 aromatic heterocycles. The van der Waals surface area contributed by atoms with Crippen LogP contribution < -0.4 is 5.43 Å². The second-order valence-corrected chi connectivity index (χ2v) is 7.84. The van der Waals surface area contributed by atoms with Crippen LogP contribution >= 0.6 is 0 Å². The van der Waals surface area contributed by atoms with Crippen LogP contribution in [-0.2, 0) is 9.53 Å². The van der Waals surface area contributed by atoms with Gasteiger partial charge in [-0.15, -0.1) is 0 Å². The fraction of sp³-hybridized carbons (Fsp3) is 0.409. The van der Waals surface area contributed by atoms with Crippen molar-refractivity contribution in [2.24, 2.45) is 22.4 Å². The second-order valence-electron chi connectivity index (χ2n) is 7.84. The number of nitrogens with one attached hydrogen (secondary N) is 1. The number of rotatable bonds is 5. The summed E-state index contributed by atoms with van der Waals surface area (Å²) in [6, 6.07) is 10.6. The van der Waals surface area contributed by atoms with Crippen LogP contribution in [0.3, 0.4) is 0 Å². The number of carbonyl (C=O) groups is 2. The highest BCUT2D eigenvalue weighted by Gasteiger charge is 2.64. The van der Waals surface area contributed by atoms with Gasteiger partial charge in [-0.25, -0.2) is 10.2 Å². The Labute approximate surface area is 164 Å². The second kappa shape index (κ2) is 7.26. The van der Waals surface area contributed by atoms with E-state index in [0.717, 1.165) is 18.4 Å². The third kappa shape index (κ3) is 3.35. The molecule has 146 valence electrons. The quantitative estimate of drug-likeness (QED) is 0.483. The highest BCUT2D eigenvalue weighted by molar-refractivity contribution is 5.91. The molecule has 4 rings (SSSR count). The SMILES string of the molecule is COC(=O)c1cccc(-c2ccc(/C=N\NC(=O)[C@H]3[C@@H]4CCCC[C@]43C)o2)c1.